The van der Waals surface area contributed by atoms with Gasteiger partial charge in [-0.15, -0.1) is 0 Å². The predicted molar refractivity (Wildman–Crippen MR) is 60.4 cm³/mol. The summed E-state index contributed by atoms with van der Waals surface area (Å²) in [5, 5.41) is 12.7. The van der Waals surface area contributed by atoms with E-state index in [0.717, 1.165) is 0 Å². The number of carbonyl (C=O) groups is 1. The molecule has 94 valence electrons. The van der Waals surface area contributed by atoms with Gasteiger partial charge in [-0.25, -0.2) is 4.39 Å². The molecule has 0 amide bonds. The van der Waals surface area contributed by atoms with Crippen molar-refractivity contribution < 1.29 is 18.8 Å². The number of hydrogen-bond acceptors (Lipinski definition) is 4. The van der Waals surface area contributed by atoms with Crippen molar-refractivity contribution in [2.75, 3.05) is 0 Å². The molecule has 0 fully saturated rings. The van der Waals surface area contributed by atoms with Gasteiger partial charge in [0.2, 0.25) is 11.7 Å². The minimum Gasteiger partial charge on any atom is -0.480 e. The summed E-state index contributed by atoms with van der Waals surface area (Å²) in [6.45, 7) is 2.94. The summed E-state index contributed by atoms with van der Waals surface area (Å²) >= 11 is 0. The molecular formula is C12H11FN2O3. The highest BCUT2D eigenvalue weighted by Gasteiger charge is 2.35. The second-order valence-electron chi connectivity index (χ2n) is 4.36. The zero-order chi connectivity index (χ0) is 13.3. The molecule has 1 N–H and O–H groups in total. The standard InChI is InChI=1S/C12H11FN2O3/c1-12(2,11(16)17)10-14-9(15-18-10)7-3-5-8(13)6-4-7/h3-6H,1-2H3,(H,16,17). The number of aliphatic carboxylic acids is 1. The van der Waals surface area contributed by atoms with E-state index in [2.05, 4.69) is 10.1 Å². The van der Waals surface area contributed by atoms with E-state index in [9.17, 15) is 9.18 Å². The summed E-state index contributed by atoms with van der Waals surface area (Å²) in [4.78, 5) is 15.1. The first-order chi connectivity index (χ1) is 8.41. The number of hydrogen-bond donors (Lipinski definition) is 1. The Bertz CT molecular complexity index is 575. The molecule has 0 aliphatic heterocycles. The minimum atomic E-state index is -1.26. The third kappa shape index (κ3) is 2.09. The molecule has 0 saturated carbocycles. The van der Waals surface area contributed by atoms with Gasteiger partial charge in [0.15, 0.2) is 0 Å². The maximum absolute atomic E-state index is 12.8. The molecule has 2 rings (SSSR count). The van der Waals surface area contributed by atoms with Crippen LogP contribution in [0.3, 0.4) is 0 Å². The number of rotatable bonds is 3. The van der Waals surface area contributed by atoms with Crippen molar-refractivity contribution in [3.8, 4) is 11.4 Å². The fourth-order valence-electron chi connectivity index (χ4n) is 1.29. The van der Waals surface area contributed by atoms with Gasteiger partial charge in [0.25, 0.3) is 0 Å². The molecular weight excluding hydrogens is 239 g/mol. The first kappa shape index (κ1) is 12.2. The van der Waals surface area contributed by atoms with Crippen molar-refractivity contribution >= 4 is 5.97 Å². The zero-order valence-electron chi connectivity index (χ0n) is 9.85. The lowest BCUT2D eigenvalue weighted by Gasteiger charge is -2.12. The molecule has 1 heterocycles. The van der Waals surface area contributed by atoms with Crippen molar-refractivity contribution in [3.05, 3.63) is 36.0 Å². The van der Waals surface area contributed by atoms with Crippen LogP contribution in [0, 0.1) is 5.82 Å². The Morgan fingerprint density at radius 2 is 1.94 bits per heavy atom. The van der Waals surface area contributed by atoms with E-state index in [4.69, 9.17) is 9.63 Å². The van der Waals surface area contributed by atoms with E-state index in [1.165, 1.54) is 38.1 Å². The Morgan fingerprint density at radius 3 is 2.50 bits per heavy atom. The van der Waals surface area contributed by atoms with Crippen LogP contribution in [0.4, 0.5) is 4.39 Å². The van der Waals surface area contributed by atoms with Crippen molar-refractivity contribution in [2.24, 2.45) is 0 Å². The maximum atomic E-state index is 12.8. The van der Waals surface area contributed by atoms with Crippen molar-refractivity contribution in [2.45, 2.75) is 19.3 Å². The third-order valence-electron chi connectivity index (χ3n) is 2.60. The van der Waals surface area contributed by atoms with Crippen LogP contribution < -0.4 is 0 Å². The van der Waals surface area contributed by atoms with E-state index in [1.807, 2.05) is 0 Å². The molecule has 1 aromatic heterocycles. The largest absolute Gasteiger partial charge is 0.480 e. The highest BCUT2D eigenvalue weighted by Crippen LogP contribution is 2.24. The molecule has 6 heteroatoms. The Balaban J connectivity index is 2.37. The summed E-state index contributed by atoms with van der Waals surface area (Å²) in [7, 11) is 0. The smallest absolute Gasteiger partial charge is 0.318 e. The molecule has 0 atom stereocenters. The van der Waals surface area contributed by atoms with Gasteiger partial charge in [0.1, 0.15) is 11.2 Å². The van der Waals surface area contributed by atoms with E-state index in [-0.39, 0.29) is 17.5 Å². The molecule has 0 spiro atoms. The molecule has 2 aromatic rings. The van der Waals surface area contributed by atoms with Gasteiger partial charge in [0, 0.05) is 5.56 Å². The number of benzene rings is 1. The molecule has 0 bridgehead atoms. The highest BCUT2D eigenvalue weighted by molar-refractivity contribution is 5.78. The normalized spacial score (nSPS) is 11.5. The molecule has 0 saturated heterocycles. The Kier molecular flexibility index (Phi) is 2.86. The maximum Gasteiger partial charge on any atom is 0.318 e. The van der Waals surface area contributed by atoms with Crippen molar-refractivity contribution in [1.82, 2.24) is 10.1 Å². The van der Waals surface area contributed by atoms with Crippen LogP contribution in [-0.4, -0.2) is 21.2 Å². The van der Waals surface area contributed by atoms with E-state index < -0.39 is 11.4 Å². The minimum absolute atomic E-state index is 0.00863. The zero-order valence-corrected chi connectivity index (χ0v) is 9.85. The molecule has 5 nitrogen and oxygen atoms in total. The first-order valence-corrected chi connectivity index (χ1v) is 5.25. The summed E-state index contributed by atoms with van der Waals surface area (Å²) in [5.41, 5.74) is -0.696. The van der Waals surface area contributed by atoms with Crippen molar-refractivity contribution in [1.29, 1.82) is 0 Å². The van der Waals surface area contributed by atoms with E-state index in [0.29, 0.717) is 5.56 Å². The molecule has 0 unspecified atom stereocenters. The lowest BCUT2D eigenvalue weighted by molar-refractivity contribution is -0.143. The Hall–Kier alpha value is -2.24. The monoisotopic (exact) mass is 250 g/mol. The van der Waals surface area contributed by atoms with Crippen LogP contribution in [0.25, 0.3) is 11.4 Å². The van der Waals surface area contributed by atoms with Gasteiger partial charge in [-0.2, -0.15) is 4.98 Å². The van der Waals surface area contributed by atoms with Gasteiger partial charge < -0.3 is 9.63 Å². The van der Waals surface area contributed by atoms with Gasteiger partial charge in [-0.1, -0.05) is 5.16 Å². The second kappa shape index (κ2) is 4.21. The average molecular weight is 250 g/mol. The third-order valence-corrected chi connectivity index (χ3v) is 2.60. The fraction of sp³-hybridized carbons (Fsp3) is 0.250. The van der Waals surface area contributed by atoms with Gasteiger partial charge in [-0.3, -0.25) is 4.79 Å². The van der Waals surface area contributed by atoms with Crippen molar-refractivity contribution in [3.63, 3.8) is 0 Å². The molecule has 0 aliphatic carbocycles. The van der Waals surface area contributed by atoms with E-state index >= 15 is 0 Å². The number of halogens is 1. The first-order valence-electron chi connectivity index (χ1n) is 5.25. The fourth-order valence-corrected chi connectivity index (χ4v) is 1.29. The highest BCUT2D eigenvalue weighted by atomic mass is 19.1. The lowest BCUT2D eigenvalue weighted by atomic mass is 9.94. The summed E-state index contributed by atoms with van der Waals surface area (Å²) in [6, 6.07) is 5.54. The Labute approximate surface area is 102 Å². The summed E-state index contributed by atoms with van der Waals surface area (Å²) in [6.07, 6.45) is 0. The van der Waals surface area contributed by atoms with Crippen LogP contribution in [0.1, 0.15) is 19.7 Å². The van der Waals surface area contributed by atoms with Crippen LogP contribution in [0.15, 0.2) is 28.8 Å². The van der Waals surface area contributed by atoms with Crippen LogP contribution >= 0.6 is 0 Å². The number of carboxylic acid groups (broad SMARTS) is 1. The summed E-state index contributed by atoms with van der Waals surface area (Å²) < 4.78 is 17.7. The van der Waals surface area contributed by atoms with Crippen LogP contribution in [0.2, 0.25) is 0 Å². The average Bonchev–Trinajstić information content (AvgIpc) is 2.79. The Morgan fingerprint density at radius 1 is 1.33 bits per heavy atom. The molecule has 0 aliphatic rings. The SMILES string of the molecule is CC(C)(C(=O)O)c1nc(-c2ccc(F)cc2)no1. The second-order valence-corrected chi connectivity index (χ2v) is 4.36. The number of carboxylic acids is 1. The summed E-state index contributed by atoms with van der Waals surface area (Å²) in [5.74, 6) is -1.18. The van der Waals surface area contributed by atoms with Gasteiger partial charge in [-0.05, 0) is 38.1 Å². The van der Waals surface area contributed by atoms with Crippen LogP contribution in [-0.2, 0) is 10.2 Å². The number of nitrogens with zero attached hydrogens (tertiary/aromatic N) is 2. The van der Waals surface area contributed by atoms with Crippen LogP contribution in [0.5, 0.6) is 0 Å². The van der Waals surface area contributed by atoms with E-state index in [1.54, 1.807) is 0 Å². The number of aromatic nitrogens is 2. The molecule has 0 radical (unpaired) electrons. The lowest BCUT2D eigenvalue weighted by Crippen LogP contribution is -2.28. The molecule has 1 aromatic carbocycles. The van der Waals surface area contributed by atoms with Gasteiger partial charge >= 0.3 is 5.97 Å². The quantitative estimate of drug-likeness (QED) is 0.903. The van der Waals surface area contributed by atoms with Gasteiger partial charge in [0.05, 0.1) is 0 Å². The molecule has 18 heavy (non-hydrogen) atoms. The predicted octanol–water partition coefficient (Wildman–Crippen LogP) is 2.24. The topological polar surface area (TPSA) is 76.2 Å².